The van der Waals surface area contributed by atoms with Crippen molar-refractivity contribution < 1.29 is 13.6 Å². The van der Waals surface area contributed by atoms with E-state index in [1.807, 2.05) is 6.92 Å². The summed E-state index contributed by atoms with van der Waals surface area (Å²) in [5, 5.41) is 14.1. The molecule has 0 aliphatic heterocycles. The van der Waals surface area contributed by atoms with E-state index in [1.165, 1.54) is 48.4 Å². The standard InChI is InChI=1S/C20H21F2N5OS2/c1-12-25-26-20(27(12)14-5-3-2-4-6-14)30-11-18(28)24-19-23-17(10-29-19)13-7-8-15(21)16(22)9-13/h7-10,14H,2-6,11H2,1H3,(H,23,24,28). The molecule has 0 spiro atoms. The first-order valence-corrected chi connectivity index (χ1v) is 11.6. The molecule has 3 aromatic rings. The highest BCUT2D eigenvalue weighted by Gasteiger charge is 2.22. The van der Waals surface area contributed by atoms with Gasteiger partial charge in [0.1, 0.15) is 5.82 Å². The Kier molecular flexibility index (Phi) is 6.43. The van der Waals surface area contributed by atoms with Crippen LogP contribution in [-0.4, -0.2) is 31.4 Å². The maximum absolute atomic E-state index is 13.4. The fourth-order valence-corrected chi connectivity index (χ4v) is 5.20. The normalized spacial score (nSPS) is 14.8. The van der Waals surface area contributed by atoms with Gasteiger partial charge in [0.15, 0.2) is 21.9 Å². The SMILES string of the molecule is Cc1nnc(SCC(=O)Nc2nc(-c3ccc(F)c(F)c3)cs2)n1C1CCCCC1. The second kappa shape index (κ2) is 9.22. The van der Waals surface area contributed by atoms with Gasteiger partial charge >= 0.3 is 0 Å². The molecule has 2 heterocycles. The second-order valence-corrected chi connectivity index (χ2v) is 9.00. The zero-order valence-electron chi connectivity index (χ0n) is 16.4. The summed E-state index contributed by atoms with van der Waals surface area (Å²) >= 11 is 2.59. The Hall–Kier alpha value is -2.33. The molecule has 0 radical (unpaired) electrons. The summed E-state index contributed by atoms with van der Waals surface area (Å²) in [6.07, 6.45) is 5.91. The Morgan fingerprint density at radius 2 is 2.03 bits per heavy atom. The van der Waals surface area contributed by atoms with Gasteiger partial charge in [-0.1, -0.05) is 31.0 Å². The van der Waals surface area contributed by atoms with Crippen molar-refractivity contribution in [1.82, 2.24) is 19.7 Å². The number of halogens is 2. The molecule has 4 rings (SSSR count). The van der Waals surface area contributed by atoms with Crippen LogP contribution >= 0.6 is 23.1 Å². The van der Waals surface area contributed by atoms with Crippen LogP contribution in [0, 0.1) is 18.6 Å². The van der Waals surface area contributed by atoms with Crippen LogP contribution < -0.4 is 5.32 Å². The monoisotopic (exact) mass is 449 g/mol. The summed E-state index contributed by atoms with van der Waals surface area (Å²) < 4.78 is 28.7. The lowest BCUT2D eigenvalue weighted by Crippen LogP contribution is -2.17. The van der Waals surface area contributed by atoms with Gasteiger partial charge in [0.2, 0.25) is 5.91 Å². The zero-order valence-corrected chi connectivity index (χ0v) is 18.0. The number of anilines is 1. The summed E-state index contributed by atoms with van der Waals surface area (Å²) in [6, 6.07) is 4.00. The molecule has 6 nitrogen and oxygen atoms in total. The minimum absolute atomic E-state index is 0.185. The van der Waals surface area contributed by atoms with Crippen LogP contribution in [0.15, 0.2) is 28.7 Å². The summed E-state index contributed by atoms with van der Waals surface area (Å²) in [4.78, 5) is 16.7. The van der Waals surface area contributed by atoms with Crippen LogP contribution in [0.25, 0.3) is 11.3 Å². The number of hydrogen-bond acceptors (Lipinski definition) is 6. The van der Waals surface area contributed by atoms with E-state index in [2.05, 4.69) is 25.1 Å². The van der Waals surface area contributed by atoms with Gasteiger partial charge in [-0.25, -0.2) is 13.8 Å². The van der Waals surface area contributed by atoms with Gasteiger partial charge in [0.25, 0.3) is 0 Å². The average Bonchev–Trinajstić information content (AvgIpc) is 3.35. The molecule has 1 fully saturated rings. The molecule has 30 heavy (non-hydrogen) atoms. The number of nitrogens with zero attached hydrogens (tertiary/aromatic N) is 4. The molecule has 2 aromatic heterocycles. The molecule has 1 amide bonds. The highest BCUT2D eigenvalue weighted by molar-refractivity contribution is 7.99. The molecule has 0 saturated heterocycles. The van der Waals surface area contributed by atoms with E-state index in [1.54, 1.807) is 5.38 Å². The molecule has 1 N–H and O–H groups in total. The van der Waals surface area contributed by atoms with Crippen LogP contribution in [0.4, 0.5) is 13.9 Å². The molecule has 0 atom stereocenters. The highest BCUT2D eigenvalue weighted by Crippen LogP contribution is 2.32. The number of rotatable bonds is 6. The average molecular weight is 450 g/mol. The summed E-state index contributed by atoms with van der Waals surface area (Å²) in [5.74, 6) is -0.982. The van der Waals surface area contributed by atoms with Crippen molar-refractivity contribution in [3.63, 3.8) is 0 Å². The lowest BCUT2D eigenvalue weighted by molar-refractivity contribution is -0.113. The van der Waals surface area contributed by atoms with Gasteiger partial charge in [-0.05, 0) is 38.0 Å². The van der Waals surface area contributed by atoms with Gasteiger partial charge in [0, 0.05) is 17.0 Å². The van der Waals surface area contributed by atoms with Gasteiger partial charge in [-0.2, -0.15) is 0 Å². The van der Waals surface area contributed by atoms with Crippen LogP contribution in [-0.2, 0) is 4.79 Å². The number of carbonyl (C=O) groups excluding carboxylic acids is 1. The third kappa shape index (κ3) is 4.70. The number of aromatic nitrogens is 4. The maximum Gasteiger partial charge on any atom is 0.236 e. The first-order valence-electron chi connectivity index (χ1n) is 9.76. The number of benzene rings is 1. The molecule has 1 aromatic carbocycles. The predicted octanol–water partition coefficient (Wildman–Crippen LogP) is 5.22. The van der Waals surface area contributed by atoms with Crippen molar-refractivity contribution in [3.05, 3.63) is 41.0 Å². The fourth-order valence-electron chi connectivity index (χ4n) is 3.61. The number of amides is 1. The molecular formula is C20H21F2N5OS2. The zero-order chi connectivity index (χ0) is 21.1. The molecule has 10 heteroatoms. The van der Waals surface area contributed by atoms with E-state index in [9.17, 15) is 13.6 Å². The maximum atomic E-state index is 13.4. The summed E-state index contributed by atoms with van der Waals surface area (Å²) in [6.45, 7) is 1.95. The lowest BCUT2D eigenvalue weighted by Gasteiger charge is -2.24. The Morgan fingerprint density at radius 3 is 2.80 bits per heavy atom. The number of nitrogens with one attached hydrogen (secondary N) is 1. The van der Waals surface area contributed by atoms with Crippen LogP contribution in [0.2, 0.25) is 0 Å². The van der Waals surface area contributed by atoms with Crippen LogP contribution in [0.1, 0.15) is 44.0 Å². The van der Waals surface area contributed by atoms with E-state index in [-0.39, 0.29) is 11.7 Å². The Balaban J connectivity index is 1.37. The third-order valence-electron chi connectivity index (χ3n) is 5.07. The quantitative estimate of drug-likeness (QED) is 0.522. The lowest BCUT2D eigenvalue weighted by atomic mass is 9.95. The predicted molar refractivity (Wildman–Crippen MR) is 114 cm³/mol. The van der Waals surface area contributed by atoms with Gasteiger partial charge in [-0.3, -0.25) is 4.79 Å². The Labute approximate surface area is 181 Å². The molecule has 158 valence electrons. The molecular weight excluding hydrogens is 428 g/mol. The largest absolute Gasteiger partial charge is 0.303 e. The van der Waals surface area contributed by atoms with Crippen LogP contribution in [0.3, 0.4) is 0 Å². The van der Waals surface area contributed by atoms with Crippen molar-refractivity contribution in [1.29, 1.82) is 0 Å². The van der Waals surface area contributed by atoms with Crippen LogP contribution in [0.5, 0.6) is 0 Å². The van der Waals surface area contributed by atoms with Crippen molar-refractivity contribution in [3.8, 4) is 11.3 Å². The molecule has 1 aliphatic carbocycles. The van der Waals surface area contributed by atoms with E-state index < -0.39 is 11.6 Å². The van der Waals surface area contributed by atoms with Gasteiger partial charge in [0.05, 0.1) is 11.4 Å². The van der Waals surface area contributed by atoms with Gasteiger partial charge < -0.3 is 9.88 Å². The second-order valence-electron chi connectivity index (χ2n) is 7.20. The molecule has 1 aliphatic rings. The number of aryl methyl sites for hydroxylation is 1. The molecule has 1 saturated carbocycles. The van der Waals surface area contributed by atoms with E-state index in [4.69, 9.17) is 0 Å². The van der Waals surface area contributed by atoms with Gasteiger partial charge in [-0.15, -0.1) is 21.5 Å². The Bertz CT molecular complexity index is 1050. The number of thioether (sulfide) groups is 1. The number of hydrogen-bond donors (Lipinski definition) is 1. The van der Waals surface area contributed by atoms with E-state index >= 15 is 0 Å². The molecule has 0 bridgehead atoms. The smallest absolute Gasteiger partial charge is 0.236 e. The first kappa shape index (κ1) is 20.9. The summed E-state index contributed by atoms with van der Waals surface area (Å²) in [7, 11) is 0. The first-order chi connectivity index (χ1) is 14.5. The van der Waals surface area contributed by atoms with Crippen molar-refractivity contribution in [2.24, 2.45) is 0 Å². The van der Waals surface area contributed by atoms with Crippen molar-refractivity contribution in [2.45, 2.75) is 50.2 Å². The van der Waals surface area contributed by atoms with Crippen molar-refractivity contribution >= 4 is 34.1 Å². The minimum atomic E-state index is -0.931. The number of thiazole rings is 1. The fraction of sp³-hybridized carbons (Fsp3) is 0.400. The molecule has 0 unspecified atom stereocenters. The summed E-state index contributed by atoms with van der Waals surface area (Å²) in [5.41, 5.74) is 0.936. The minimum Gasteiger partial charge on any atom is -0.303 e. The third-order valence-corrected chi connectivity index (χ3v) is 6.77. The highest BCUT2D eigenvalue weighted by atomic mass is 32.2. The van der Waals surface area contributed by atoms with E-state index in [0.29, 0.717) is 22.4 Å². The van der Waals surface area contributed by atoms with E-state index in [0.717, 1.165) is 36.0 Å². The Morgan fingerprint density at radius 1 is 1.23 bits per heavy atom. The van der Waals surface area contributed by atoms with Crippen molar-refractivity contribution in [2.75, 3.05) is 11.1 Å². The topological polar surface area (TPSA) is 72.7 Å². The number of carbonyl (C=O) groups is 1.